The normalized spacial score (nSPS) is 17.9. The number of alkyl halides is 3. The van der Waals surface area contributed by atoms with Gasteiger partial charge in [-0.2, -0.15) is 26.9 Å². The smallest absolute Gasteiger partial charge is 0.410 e. The third-order valence-electron chi connectivity index (χ3n) is 5.09. The van der Waals surface area contributed by atoms with Gasteiger partial charge in [-0.1, -0.05) is 20.8 Å². The summed E-state index contributed by atoms with van der Waals surface area (Å²) in [6.45, 7) is 9.84. The van der Waals surface area contributed by atoms with E-state index in [-0.39, 0.29) is 28.1 Å². The molecule has 0 heterocycles. The van der Waals surface area contributed by atoms with Gasteiger partial charge in [-0.05, 0) is 48.3 Å². The fraction of sp³-hybridized carbons (Fsp3) is 0.500. The third-order valence-corrected chi connectivity index (χ3v) is 10.5. The zero-order valence-corrected chi connectivity index (χ0v) is 18.3. The Hall–Kier alpha value is -1.90. The minimum Gasteiger partial charge on any atom is -0.410 e. The van der Waals surface area contributed by atoms with Crippen molar-refractivity contribution < 1.29 is 34.6 Å². The Morgan fingerprint density at radius 3 is 2.28 bits per heavy atom. The first-order chi connectivity index (χ1) is 13.0. The van der Waals surface area contributed by atoms with Crippen molar-refractivity contribution in [1.29, 1.82) is 5.26 Å². The monoisotopic (exact) mass is 451 g/mol. The van der Waals surface area contributed by atoms with Gasteiger partial charge in [0.1, 0.15) is 17.6 Å². The summed E-state index contributed by atoms with van der Waals surface area (Å²) in [5.74, 6) is -1.45. The molecule has 0 saturated heterocycles. The van der Waals surface area contributed by atoms with Gasteiger partial charge in [0.25, 0.3) is 0 Å². The van der Waals surface area contributed by atoms with E-state index >= 15 is 0 Å². The fourth-order valence-corrected chi connectivity index (χ4v) is 4.34. The van der Waals surface area contributed by atoms with Crippen molar-refractivity contribution >= 4 is 24.2 Å². The molecule has 0 amide bonds. The standard InChI is InChI=1S/C18H21F4NO4SSi/c1-17(2,3)29(4,5)27-14-6-7-15(26-28(24,25)18(20,21)22)16-11(10-23)8-12(19)9-13(14)16/h7-9,14H,6H2,1-5H3/t14-/m1/s1. The number of rotatable bonds is 4. The summed E-state index contributed by atoms with van der Waals surface area (Å²) < 4.78 is 85.8. The average molecular weight is 452 g/mol. The van der Waals surface area contributed by atoms with E-state index in [0.717, 1.165) is 18.2 Å². The summed E-state index contributed by atoms with van der Waals surface area (Å²) in [4.78, 5) is 0. The molecule has 0 aromatic heterocycles. The van der Waals surface area contributed by atoms with Crippen LogP contribution in [-0.2, 0) is 18.7 Å². The van der Waals surface area contributed by atoms with Crippen LogP contribution in [0, 0.1) is 17.1 Å². The summed E-state index contributed by atoms with van der Waals surface area (Å²) >= 11 is 0. The molecular weight excluding hydrogens is 430 g/mol. The van der Waals surface area contributed by atoms with Gasteiger partial charge in [0, 0.05) is 5.56 Å². The van der Waals surface area contributed by atoms with Gasteiger partial charge in [-0.15, -0.1) is 0 Å². The quantitative estimate of drug-likeness (QED) is 0.266. The van der Waals surface area contributed by atoms with E-state index in [0.29, 0.717) is 0 Å². The Morgan fingerprint density at radius 2 is 1.79 bits per heavy atom. The lowest BCUT2D eigenvalue weighted by atomic mass is 9.90. The Balaban J connectivity index is 2.59. The van der Waals surface area contributed by atoms with Gasteiger partial charge in [-0.3, -0.25) is 0 Å². The molecule has 1 aliphatic rings. The maximum Gasteiger partial charge on any atom is 0.534 e. The summed E-state index contributed by atoms with van der Waals surface area (Å²) in [6.07, 6.45) is 0.341. The van der Waals surface area contributed by atoms with Crippen molar-refractivity contribution in [3.8, 4) is 6.07 Å². The molecule has 0 saturated carbocycles. The number of hydrogen-bond acceptors (Lipinski definition) is 5. The van der Waals surface area contributed by atoms with E-state index in [2.05, 4.69) is 4.18 Å². The van der Waals surface area contributed by atoms with Crippen molar-refractivity contribution in [2.75, 3.05) is 0 Å². The number of nitrogens with zero attached hydrogens (tertiary/aromatic N) is 1. The lowest BCUT2D eigenvalue weighted by Crippen LogP contribution is -2.42. The van der Waals surface area contributed by atoms with Gasteiger partial charge in [0.2, 0.25) is 0 Å². The zero-order chi connectivity index (χ0) is 22.4. The number of halogens is 4. The maximum absolute atomic E-state index is 14.1. The topological polar surface area (TPSA) is 76.4 Å². The highest BCUT2D eigenvalue weighted by Crippen LogP contribution is 2.45. The second-order valence-corrected chi connectivity index (χ2v) is 14.5. The Labute approximate surface area is 168 Å². The minimum atomic E-state index is -5.95. The van der Waals surface area contributed by atoms with Crippen LogP contribution in [0.15, 0.2) is 18.2 Å². The molecule has 29 heavy (non-hydrogen) atoms. The number of hydrogen-bond donors (Lipinski definition) is 0. The molecule has 0 aliphatic heterocycles. The van der Waals surface area contributed by atoms with E-state index in [1.54, 1.807) is 6.07 Å². The fourth-order valence-electron chi connectivity index (χ4n) is 2.57. The van der Waals surface area contributed by atoms with Gasteiger partial charge in [-0.25, -0.2) is 4.39 Å². The molecule has 0 unspecified atom stereocenters. The largest absolute Gasteiger partial charge is 0.534 e. The number of nitriles is 1. The first-order valence-corrected chi connectivity index (χ1v) is 12.9. The van der Waals surface area contributed by atoms with Crippen LogP contribution in [0.2, 0.25) is 18.1 Å². The second kappa shape index (κ2) is 7.41. The van der Waals surface area contributed by atoms with Crippen LogP contribution >= 0.6 is 0 Å². The predicted octanol–water partition coefficient (Wildman–Crippen LogP) is 5.37. The second-order valence-electron chi connectivity index (χ2n) is 8.18. The van der Waals surface area contributed by atoms with Crippen LogP contribution < -0.4 is 0 Å². The molecule has 160 valence electrons. The van der Waals surface area contributed by atoms with Crippen molar-refractivity contribution in [3.63, 3.8) is 0 Å². The molecule has 1 atom stereocenters. The highest BCUT2D eigenvalue weighted by molar-refractivity contribution is 7.87. The van der Waals surface area contributed by atoms with E-state index in [4.69, 9.17) is 4.43 Å². The van der Waals surface area contributed by atoms with Gasteiger partial charge < -0.3 is 8.61 Å². The number of benzene rings is 1. The molecule has 1 aromatic rings. The van der Waals surface area contributed by atoms with Crippen LogP contribution in [-0.4, -0.2) is 22.2 Å². The number of fused-ring (bicyclic) bond motifs is 1. The summed E-state index contributed by atoms with van der Waals surface area (Å²) in [7, 11) is -8.33. The minimum absolute atomic E-state index is 0.0312. The van der Waals surface area contributed by atoms with Gasteiger partial charge >= 0.3 is 15.6 Å². The van der Waals surface area contributed by atoms with Gasteiger partial charge in [0.05, 0.1) is 11.7 Å². The lowest BCUT2D eigenvalue weighted by molar-refractivity contribution is -0.0509. The first kappa shape index (κ1) is 23.4. The average Bonchev–Trinajstić information content (AvgIpc) is 2.53. The Kier molecular flexibility index (Phi) is 5.97. The summed E-state index contributed by atoms with van der Waals surface area (Å²) in [5, 5.41) is 9.13. The van der Waals surface area contributed by atoms with Crippen LogP contribution in [0.5, 0.6) is 0 Å². The molecule has 5 nitrogen and oxygen atoms in total. The SMILES string of the molecule is CC(C)(C)[Si](C)(C)O[C@@H]1CC=C(OS(=O)(=O)C(F)(F)F)c2c(C#N)cc(F)cc21. The molecule has 1 aromatic carbocycles. The van der Waals surface area contributed by atoms with Crippen molar-refractivity contribution in [1.82, 2.24) is 0 Å². The van der Waals surface area contributed by atoms with Crippen molar-refractivity contribution in [3.05, 3.63) is 40.7 Å². The summed E-state index contributed by atoms with van der Waals surface area (Å²) in [5.41, 5.74) is -6.11. The summed E-state index contributed by atoms with van der Waals surface area (Å²) in [6, 6.07) is 3.53. The van der Waals surface area contributed by atoms with Crippen molar-refractivity contribution in [2.24, 2.45) is 0 Å². The molecule has 2 rings (SSSR count). The van der Waals surface area contributed by atoms with Crippen LogP contribution in [0.25, 0.3) is 5.76 Å². The Bertz CT molecular complexity index is 989. The zero-order valence-electron chi connectivity index (χ0n) is 16.5. The van der Waals surface area contributed by atoms with Crippen LogP contribution in [0.3, 0.4) is 0 Å². The highest BCUT2D eigenvalue weighted by Gasteiger charge is 2.50. The molecule has 0 radical (unpaired) electrons. The Morgan fingerprint density at radius 1 is 1.21 bits per heavy atom. The van der Waals surface area contributed by atoms with Crippen LogP contribution in [0.1, 0.15) is 50.0 Å². The van der Waals surface area contributed by atoms with E-state index < -0.39 is 41.6 Å². The lowest BCUT2D eigenvalue weighted by Gasteiger charge is -2.40. The predicted molar refractivity (Wildman–Crippen MR) is 101 cm³/mol. The van der Waals surface area contributed by atoms with E-state index in [9.17, 15) is 31.2 Å². The molecule has 0 spiro atoms. The van der Waals surface area contributed by atoms with Crippen LogP contribution in [0.4, 0.5) is 17.6 Å². The highest BCUT2D eigenvalue weighted by atomic mass is 32.2. The maximum atomic E-state index is 14.1. The van der Waals surface area contributed by atoms with E-state index in [1.165, 1.54) is 0 Å². The van der Waals surface area contributed by atoms with Gasteiger partial charge in [0.15, 0.2) is 8.32 Å². The molecule has 11 heteroatoms. The molecule has 0 fully saturated rings. The first-order valence-electron chi connectivity index (χ1n) is 8.63. The molecule has 0 N–H and O–H groups in total. The van der Waals surface area contributed by atoms with Crippen molar-refractivity contribution in [2.45, 2.75) is 56.9 Å². The molecule has 0 bridgehead atoms. The molecule has 1 aliphatic carbocycles. The third kappa shape index (κ3) is 4.65. The van der Waals surface area contributed by atoms with E-state index in [1.807, 2.05) is 33.9 Å². The molecular formula is C18H21F4NO4SSi.